The SMILES string of the molecule is NC(C(=O)Nc1cccc(F)c1CC[C@H]1CN[C@@H]2CCCS(O)(O)N1C2)C(c1ccc(F)cc1)c1ccc(C(F)(F)F)cn1. The van der Waals surface area contributed by atoms with Gasteiger partial charge in [0, 0.05) is 48.3 Å². The third kappa shape index (κ3) is 7.22. The number of pyridine rings is 1. The minimum Gasteiger partial charge on any atom is -0.324 e. The van der Waals surface area contributed by atoms with E-state index in [2.05, 4.69) is 15.6 Å². The first kappa shape index (κ1) is 32.3. The maximum absolute atomic E-state index is 15.1. The second kappa shape index (κ2) is 13.1. The van der Waals surface area contributed by atoms with Crippen LogP contribution in [-0.2, 0) is 17.4 Å². The predicted molar refractivity (Wildman–Crippen MR) is 158 cm³/mol. The molecule has 2 aliphatic heterocycles. The van der Waals surface area contributed by atoms with E-state index in [0.29, 0.717) is 37.7 Å². The van der Waals surface area contributed by atoms with E-state index < -0.39 is 52.0 Å². The highest BCUT2D eigenvalue weighted by molar-refractivity contribution is 8.22. The van der Waals surface area contributed by atoms with Crippen LogP contribution in [0, 0.1) is 11.6 Å². The van der Waals surface area contributed by atoms with E-state index in [4.69, 9.17) is 5.73 Å². The zero-order valence-corrected chi connectivity index (χ0v) is 24.4. The highest BCUT2D eigenvalue weighted by atomic mass is 32.3. The van der Waals surface area contributed by atoms with Crippen molar-refractivity contribution in [2.75, 3.05) is 24.2 Å². The molecule has 0 saturated carbocycles. The van der Waals surface area contributed by atoms with Crippen LogP contribution in [0.5, 0.6) is 0 Å². The van der Waals surface area contributed by atoms with Gasteiger partial charge >= 0.3 is 6.18 Å². The van der Waals surface area contributed by atoms with Crippen LogP contribution in [0.2, 0.25) is 0 Å². The fourth-order valence-corrected chi connectivity index (χ4v) is 7.74. The second-order valence-electron chi connectivity index (χ2n) is 11.2. The molecule has 3 aromatic rings. The van der Waals surface area contributed by atoms with Crippen LogP contribution >= 0.6 is 10.8 Å². The van der Waals surface area contributed by atoms with Gasteiger partial charge in [-0.3, -0.25) is 18.9 Å². The zero-order chi connectivity index (χ0) is 31.6. The average molecular weight is 640 g/mol. The second-order valence-corrected chi connectivity index (χ2v) is 13.3. The number of hydrogen-bond acceptors (Lipinski definition) is 7. The fourth-order valence-electron chi connectivity index (χ4n) is 5.87. The lowest BCUT2D eigenvalue weighted by Gasteiger charge is -2.49. The highest BCUT2D eigenvalue weighted by Gasteiger charge is 2.38. The van der Waals surface area contributed by atoms with Crippen molar-refractivity contribution in [3.05, 3.63) is 94.8 Å². The summed E-state index contributed by atoms with van der Waals surface area (Å²) in [7, 11) is -2.95. The number of benzene rings is 2. The van der Waals surface area contributed by atoms with Crippen molar-refractivity contribution in [1.29, 1.82) is 0 Å². The number of anilines is 1. The number of alkyl halides is 3. The quantitative estimate of drug-likeness (QED) is 0.206. The van der Waals surface area contributed by atoms with Gasteiger partial charge in [0.25, 0.3) is 0 Å². The van der Waals surface area contributed by atoms with E-state index in [1.54, 1.807) is 4.31 Å². The number of halogens is 5. The van der Waals surface area contributed by atoms with Crippen LogP contribution in [0.25, 0.3) is 0 Å². The van der Waals surface area contributed by atoms with E-state index in [-0.39, 0.29) is 41.2 Å². The normalized spacial score (nSPS) is 23.7. The Hall–Kier alpha value is -3.14. The molecule has 238 valence electrons. The number of fused-ring (bicyclic) bond motifs is 2. The molecule has 1 amide bonds. The molecule has 1 aromatic heterocycles. The van der Waals surface area contributed by atoms with Crippen LogP contribution in [0.1, 0.15) is 47.6 Å². The van der Waals surface area contributed by atoms with Crippen molar-refractivity contribution in [1.82, 2.24) is 14.6 Å². The van der Waals surface area contributed by atoms with Crippen molar-refractivity contribution in [3.8, 4) is 0 Å². The molecule has 0 spiro atoms. The molecule has 2 aliphatic rings. The zero-order valence-electron chi connectivity index (χ0n) is 23.6. The summed E-state index contributed by atoms with van der Waals surface area (Å²) in [5.41, 5.74) is 6.18. The lowest BCUT2D eigenvalue weighted by molar-refractivity contribution is -0.137. The minimum atomic E-state index is -4.62. The number of piperazine rings is 1. The Morgan fingerprint density at radius 1 is 1.14 bits per heavy atom. The lowest BCUT2D eigenvalue weighted by Crippen LogP contribution is -2.55. The molecular weight excluding hydrogens is 605 g/mol. The molecule has 14 heteroatoms. The van der Waals surface area contributed by atoms with Crippen LogP contribution < -0.4 is 16.4 Å². The number of carbonyl (C=O) groups excluding carboxylic acids is 1. The molecule has 3 unspecified atom stereocenters. The maximum Gasteiger partial charge on any atom is 0.417 e. The van der Waals surface area contributed by atoms with Crippen molar-refractivity contribution >= 4 is 22.4 Å². The summed E-state index contributed by atoms with van der Waals surface area (Å²) < 4.78 is 91.5. The van der Waals surface area contributed by atoms with Crippen LogP contribution in [-0.4, -0.2) is 61.3 Å². The first-order valence-corrected chi connectivity index (χ1v) is 15.9. The Labute approximate surface area is 253 Å². The molecule has 0 radical (unpaired) electrons. The Morgan fingerprint density at radius 3 is 2.57 bits per heavy atom. The van der Waals surface area contributed by atoms with E-state index in [0.717, 1.165) is 30.7 Å². The van der Waals surface area contributed by atoms with Crippen molar-refractivity contribution in [2.45, 2.75) is 55.9 Å². The first-order chi connectivity index (χ1) is 20.8. The molecular formula is C30H34F5N5O3S. The van der Waals surface area contributed by atoms with E-state index in [1.807, 2.05) is 0 Å². The van der Waals surface area contributed by atoms with Gasteiger partial charge in [-0.25, -0.2) is 13.1 Å². The van der Waals surface area contributed by atoms with Crippen molar-refractivity contribution in [3.63, 3.8) is 0 Å². The number of nitrogens with two attached hydrogens (primary N) is 1. The molecule has 6 N–H and O–H groups in total. The van der Waals surface area contributed by atoms with E-state index in [1.165, 1.54) is 30.3 Å². The molecule has 2 bridgehead atoms. The molecule has 5 atom stereocenters. The summed E-state index contributed by atoms with van der Waals surface area (Å²) in [5.74, 6) is -2.65. The largest absolute Gasteiger partial charge is 0.417 e. The summed E-state index contributed by atoms with van der Waals surface area (Å²) in [5, 5.41) is 6.09. The summed E-state index contributed by atoms with van der Waals surface area (Å²) in [6.07, 6.45) is -1.91. The van der Waals surface area contributed by atoms with Gasteiger partial charge in [0.1, 0.15) is 11.6 Å². The van der Waals surface area contributed by atoms with E-state index in [9.17, 15) is 31.5 Å². The summed E-state index contributed by atoms with van der Waals surface area (Å²) >= 11 is 0. The van der Waals surface area contributed by atoms with Gasteiger partial charge in [-0.05, 0) is 67.6 Å². The van der Waals surface area contributed by atoms with Gasteiger partial charge < -0.3 is 16.4 Å². The third-order valence-corrected chi connectivity index (χ3v) is 10.3. The number of carbonyl (C=O) groups is 1. The van der Waals surface area contributed by atoms with Gasteiger partial charge in [0.2, 0.25) is 5.91 Å². The number of rotatable bonds is 8. The molecule has 2 saturated heterocycles. The Kier molecular flexibility index (Phi) is 9.58. The van der Waals surface area contributed by atoms with Crippen LogP contribution in [0.15, 0.2) is 60.8 Å². The lowest BCUT2D eigenvalue weighted by atomic mass is 9.87. The topological polar surface area (TPSA) is 124 Å². The van der Waals surface area contributed by atoms with Gasteiger partial charge in [-0.2, -0.15) is 13.2 Å². The van der Waals surface area contributed by atoms with E-state index >= 15 is 4.39 Å². The van der Waals surface area contributed by atoms with Crippen molar-refractivity contribution < 1.29 is 35.9 Å². The predicted octanol–water partition coefficient (Wildman–Crippen LogP) is 5.51. The molecule has 0 aliphatic carbocycles. The Morgan fingerprint density at radius 2 is 1.89 bits per heavy atom. The number of aromatic nitrogens is 1. The van der Waals surface area contributed by atoms with Gasteiger partial charge in [0.15, 0.2) is 0 Å². The molecule has 5 rings (SSSR count). The summed E-state index contributed by atoms with van der Waals surface area (Å²) in [4.78, 5) is 17.4. The monoisotopic (exact) mass is 639 g/mol. The summed E-state index contributed by atoms with van der Waals surface area (Å²) in [6.45, 7) is 0.979. The molecule has 8 nitrogen and oxygen atoms in total. The van der Waals surface area contributed by atoms with Crippen LogP contribution in [0.4, 0.5) is 27.6 Å². The van der Waals surface area contributed by atoms with Crippen LogP contribution in [0.3, 0.4) is 0 Å². The number of nitrogens with zero attached hydrogens (tertiary/aromatic N) is 2. The van der Waals surface area contributed by atoms with Gasteiger partial charge in [-0.15, -0.1) is 10.8 Å². The standard InChI is InChI=1S/C30H34F5N5O3S/c31-20-9-6-18(7-10-20)27(26-13-8-19(15-38-26)30(33,34)35)28(36)29(41)39-25-5-1-4-24(32)23(25)12-11-22-16-37-21-3-2-14-44(42,43)40(22)17-21/h1,4-10,13,15,21-22,27-28,37,42-43H,2-3,11-12,14,16-17,36H2,(H,39,41)/t21-,22+,27?,28?/m1/s1. The number of hydrogen-bond donors (Lipinski definition) is 5. The summed E-state index contributed by atoms with van der Waals surface area (Å²) in [6, 6.07) is 9.65. The van der Waals surface area contributed by atoms with Gasteiger partial charge in [-0.1, -0.05) is 18.2 Å². The molecule has 44 heavy (non-hydrogen) atoms. The fraction of sp³-hybridized carbons (Fsp3) is 0.400. The Bertz CT molecular complexity index is 1460. The third-order valence-electron chi connectivity index (χ3n) is 8.22. The minimum absolute atomic E-state index is 0.0614. The molecule has 3 heterocycles. The molecule has 2 aromatic carbocycles. The smallest absolute Gasteiger partial charge is 0.324 e. The highest BCUT2D eigenvalue weighted by Crippen LogP contribution is 2.49. The number of nitrogens with one attached hydrogen (secondary N) is 2. The number of amides is 1. The molecule has 2 fully saturated rings. The first-order valence-electron chi connectivity index (χ1n) is 14.2. The Balaban J connectivity index is 1.36. The average Bonchev–Trinajstić information content (AvgIpc) is 3.09. The van der Waals surface area contributed by atoms with Gasteiger partial charge in [0.05, 0.1) is 23.3 Å². The maximum atomic E-state index is 15.1. The van der Waals surface area contributed by atoms with Crippen molar-refractivity contribution in [2.24, 2.45) is 5.73 Å².